The monoisotopic (exact) mass is 360 g/mol. The van der Waals surface area contributed by atoms with Crippen molar-refractivity contribution in [1.82, 2.24) is 15.1 Å². The molecule has 0 saturated heterocycles. The number of aryl methyl sites for hydroxylation is 2. The summed E-state index contributed by atoms with van der Waals surface area (Å²) in [5.74, 6) is 0.886. The molecule has 0 saturated carbocycles. The van der Waals surface area contributed by atoms with Crippen molar-refractivity contribution in [2.45, 2.75) is 26.4 Å². The van der Waals surface area contributed by atoms with Crippen molar-refractivity contribution in [2.24, 2.45) is 0 Å². The number of nitrogens with one attached hydrogen (secondary N) is 1. The Balaban J connectivity index is 1.57. The number of benzene rings is 2. The molecule has 0 aliphatic heterocycles. The van der Waals surface area contributed by atoms with E-state index in [9.17, 15) is 0 Å². The van der Waals surface area contributed by atoms with E-state index >= 15 is 0 Å². The van der Waals surface area contributed by atoms with E-state index in [0.29, 0.717) is 26.1 Å². The molecule has 0 radical (unpaired) electrons. The van der Waals surface area contributed by atoms with E-state index in [2.05, 4.69) is 35.5 Å². The van der Waals surface area contributed by atoms with Crippen LogP contribution in [0.25, 0.3) is 11.3 Å². The molecule has 0 unspecified atom stereocenters. The molecule has 1 aromatic heterocycles. The lowest BCUT2D eigenvalue weighted by atomic mass is 10.1. The number of nitriles is 1. The zero-order valence-electron chi connectivity index (χ0n) is 15.6. The van der Waals surface area contributed by atoms with Crippen LogP contribution in [0.1, 0.15) is 17.5 Å². The van der Waals surface area contributed by atoms with Gasteiger partial charge in [-0.3, -0.25) is 4.68 Å². The highest BCUT2D eigenvalue weighted by Gasteiger charge is 2.10. The maximum Gasteiger partial charge on any atom is 0.119 e. The Morgan fingerprint density at radius 1 is 1.11 bits per heavy atom. The second-order valence-electron chi connectivity index (χ2n) is 6.38. The van der Waals surface area contributed by atoms with Crippen molar-refractivity contribution in [3.63, 3.8) is 0 Å². The average Bonchev–Trinajstić information content (AvgIpc) is 3.11. The minimum absolute atomic E-state index is 0.452. The summed E-state index contributed by atoms with van der Waals surface area (Å²) < 4.78 is 7.61. The van der Waals surface area contributed by atoms with Crippen LogP contribution >= 0.6 is 0 Å². The van der Waals surface area contributed by atoms with Crippen LogP contribution in [0, 0.1) is 18.3 Å². The van der Waals surface area contributed by atoms with Gasteiger partial charge < -0.3 is 10.1 Å². The fraction of sp³-hybridized carbons (Fsp3) is 0.273. The quantitative estimate of drug-likeness (QED) is 0.587. The third kappa shape index (κ3) is 5.44. The number of ether oxygens (including phenoxy) is 1. The van der Waals surface area contributed by atoms with Crippen LogP contribution in [-0.4, -0.2) is 22.9 Å². The minimum Gasteiger partial charge on any atom is -0.492 e. The molecule has 3 rings (SSSR count). The van der Waals surface area contributed by atoms with E-state index < -0.39 is 0 Å². The van der Waals surface area contributed by atoms with Gasteiger partial charge >= 0.3 is 0 Å². The first-order valence-corrected chi connectivity index (χ1v) is 9.15. The highest BCUT2D eigenvalue weighted by atomic mass is 16.5. The molecule has 0 spiro atoms. The van der Waals surface area contributed by atoms with E-state index in [1.165, 1.54) is 5.56 Å². The molecule has 0 bridgehead atoms. The van der Waals surface area contributed by atoms with Crippen molar-refractivity contribution in [2.75, 3.05) is 13.2 Å². The maximum absolute atomic E-state index is 8.81. The number of rotatable bonds is 9. The van der Waals surface area contributed by atoms with Gasteiger partial charge in [0.25, 0.3) is 0 Å². The topological polar surface area (TPSA) is 62.9 Å². The lowest BCUT2D eigenvalue weighted by molar-refractivity contribution is 0.313. The van der Waals surface area contributed by atoms with E-state index in [1.807, 2.05) is 53.3 Å². The number of hydrogen-bond acceptors (Lipinski definition) is 4. The van der Waals surface area contributed by atoms with Gasteiger partial charge in [-0.05, 0) is 19.1 Å². The number of aromatic nitrogens is 2. The summed E-state index contributed by atoms with van der Waals surface area (Å²) in [6.45, 7) is 4.71. The Labute approximate surface area is 160 Å². The van der Waals surface area contributed by atoms with Crippen molar-refractivity contribution in [1.29, 1.82) is 5.26 Å². The molecule has 2 aromatic carbocycles. The normalized spacial score (nSPS) is 10.5. The molecule has 1 N–H and O–H groups in total. The third-order valence-corrected chi connectivity index (χ3v) is 4.22. The van der Waals surface area contributed by atoms with Gasteiger partial charge in [0.15, 0.2) is 0 Å². The van der Waals surface area contributed by atoms with E-state index in [-0.39, 0.29) is 0 Å². The summed E-state index contributed by atoms with van der Waals surface area (Å²) in [5.41, 5.74) is 4.39. The fourth-order valence-corrected chi connectivity index (χ4v) is 2.81. The van der Waals surface area contributed by atoms with Crippen LogP contribution in [-0.2, 0) is 13.1 Å². The summed E-state index contributed by atoms with van der Waals surface area (Å²) in [4.78, 5) is 0. The Morgan fingerprint density at radius 3 is 2.63 bits per heavy atom. The van der Waals surface area contributed by atoms with Crippen molar-refractivity contribution in [3.8, 4) is 23.1 Å². The lowest BCUT2D eigenvalue weighted by Gasteiger charge is -2.08. The van der Waals surface area contributed by atoms with Crippen molar-refractivity contribution >= 4 is 0 Å². The second-order valence-corrected chi connectivity index (χ2v) is 6.38. The molecule has 0 amide bonds. The summed E-state index contributed by atoms with van der Waals surface area (Å²) >= 11 is 0. The Morgan fingerprint density at radius 2 is 1.89 bits per heavy atom. The summed E-state index contributed by atoms with van der Waals surface area (Å²) in [6.07, 6.45) is 2.47. The van der Waals surface area contributed by atoms with Crippen LogP contribution in [0.4, 0.5) is 0 Å². The first kappa shape index (κ1) is 18.7. The SMILES string of the molecule is Cc1ccc(OCCNCc2cn(CCC#N)nc2-c2ccccc2)cc1. The first-order valence-electron chi connectivity index (χ1n) is 9.15. The molecular formula is C22H24N4O. The van der Waals surface area contributed by atoms with Crippen LogP contribution in [0.5, 0.6) is 5.75 Å². The molecule has 0 fully saturated rings. The van der Waals surface area contributed by atoms with Gasteiger partial charge in [0, 0.05) is 30.4 Å². The van der Waals surface area contributed by atoms with Crippen LogP contribution < -0.4 is 10.1 Å². The smallest absolute Gasteiger partial charge is 0.119 e. The second kappa shape index (κ2) is 9.56. The predicted molar refractivity (Wildman–Crippen MR) is 106 cm³/mol. The molecule has 0 aliphatic rings. The van der Waals surface area contributed by atoms with Gasteiger partial charge in [-0.1, -0.05) is 48.0 Å². The van der Waals surface area contributed by atoms with Gasteiger partial charge in [-0.15, -0.1) is 0 Å². The average molecular weight is 360 g/mol. The van der Waals surface area contributed by atoms with Gasteiger partial charge in [0.05, 0.1) is 24.7 Å². The number of hydrogen-bond donors (Lipinski definition) is 1. The molecule has 3 aromatic rings. The lowest BCUT2D eigenvalue weighted by Crippen LogP contribution is -2.20. The Bertz CT molecular complexity index is 879. The standard InChI is InChI=1S/C22H24N4O/c1-18-8-10-21(11-9-18)27-15-13-24-16-20-17-26(14-5-12-23)25-22(20)19-6-3-2-4-7-19/h2-4,6-11,17,24H,5,13-16H2,1H3. The highest BCUT2D eigenvalue weighted by molar-refractivity contribution is 5.62. The molecule has 0 aliphatic carbocycles. The Kier molecular flexibility index (Phi) is 6.61. The summed E-state index contributed by atoms with van der Waals surface area (Å²) in [7, 11) is 0. The molecule has 0 atom stereocenters. The van der Waals surface area contributed by atoms with Gasteiger partial charge in [-0.2, -0.15) is 10.4 Å². The molecule has 1 heterocycles. The fourth-order valence-electron chi connectivity index (χ4n) is 2.81. The molecular weight excluding hydrogens is 336 g/mol. The summed E-state index contributed by atoms with van der Waals surface area (Å²) in [5, 5.41) is 16.9. The minimum atomic E-state index is 0.452. The summed E-state index contributed by atoms with van der Waals surface area (Å²) in [6, 6.07) is 20.4. The van der Waals surface area contributed by atoms with E-state index in [4.69, 9.17) is 10.00 Å². The van der Waals surface area contributed by atoms with Gasteiger partial charge in [-0.25, -0.2) is 0 Å². The molecule has 5 nitrogen and oxygen atoms in total. The Hall–Kier alpha value is -3.10. The first-order chi connectivity index (χ1) is 13.3. The molecule has 5 heteroatoms. The molecule has 27 heavy (non-hydrogen) atoms. The predicted octanol–water partition coefficient (Wildman–Crippen LogP) is 3.94. The maximum atomic E-state index is 8.81. The van der Waals surface area contributed by atoms with Crippen molar-refractivity contribution in [3.05, 3.63) is 71.9 Å². The largest absolute Gasteiger partial charge is 0.492 e. The zero-order chi connectivity index (χ0) is 18.9. The van der Waals surface area contributed by atoms with Crippen LogP contribution in [0.2, 0.25) is 0 Å². The van der Waals surface area contributed by atoms with Crippen LogP contribution in [0.15, 0.2) is 60.8 Å². The van der Waals surface area contributed by atoms with Gasteiger partial charge in [0.1, 0.15) is 12.4 Å². The number of nitrogens with zero attached hydrogens (tertiary/aromatic N) is 3. The highest BCUT2D eigenvalue weighted by Crippen LogP contribution is 2.22. The van der Waals surface area contributed by atoms with Crippen molar-refractivity contribution < 1.29 is 4.74 Å². The zero-order valence-corrected chi connectivity index (χ0v) is 15.6. The third-order valence-electron chi connectivity index (χ3n) is 4.22. The molecule has 138 valence electrons. The van der Waals surface area contributed by atoms with E-state index in [0.717, 1.165) is 29.1 Å². The van der Waals surface area contributed by atoms with Crippen LogP contribution in [0.3, 0.4) is 0 Å². The van der Waals surface area contributed by atoms with E-state index in [1.54, 1.807) is 0 Å². The van der Waals surface area contributed by atoms with Gasteiger partial charge in [0.2, 0.25) is 0 Å².